The Kier molecular flexibility index (Phi) is 8.45. The monoisotopic (exact) mass is 559 g/mol. The van der Waals surface area contributed by atoms with E-state index < -0.39 is 27.0 Å². The Labute approximate surface area is 193 Å². The van der Waals surface area contributed by atoms with Crippen molar-refractivity contribution in [3.63, 3.8) is 0 Å². The van der Waals surface area contributed by atoms with Crippen molar-refractivity contribution in [2.45, 2.75) is 56.2 Å². The second-order valence-corrected chi connectivity index (χ2v) is 10.3. The normalized spacial score (nSPS) is 23.5. The van der Waals surface area contributed by atoms with Crippen molar-refractivity contribution in [3.8, 4) is 0 Å². The maximum Gasteiger partial charge on any atom is 0.416 e. The maximum absolute atomic E-state index is 13.2. The van der Waals surface area contributed by atoms with Crippen LogP contribution in [0.5, 0.6) is 0 Å². The molecule has 0 spiro atoms. The number of alkyl halides is 3. The van der Waals surface area contributed by atoms with Crippen molar-refractivity contribution >= 4 is 39.8 Å². The lowest BCUT2D eigenvalue weighted by atomic mass is 9.69. The molecule has 2 N–H and O–H groups in total. The molecule has 1 aliphatic carbocycles. The zero-order chi connectivity index (χ0) is 21.1. The Morgan fingerprint density at radius 2 is 1.93 bits per heavy atom. The average Bonchev–Trinajstić information content (AvgIpc) is 3.03. The highest BCUT2D eigenvalue weighted by Gasteiger charge is 2.37. The second kappa shape index (κ2) is 10.1. The molecule has 0 aromatic heterocycles. The van der Waals surface area contributed by atoms with Crippen molar-refractivity contribution in [3.05, 3.63) is 35.4 Å². The van der Waals surface area contributed by atoms with Gasteiger partial charge in [0.1, 0.15) is 0 Å². The molecular formula is C20H29F3IN3O2S. The Hall–Kier alpha value is -1.04. The molecule has 2 fully saturated rings. The van der Waals surface area contributed by atoms with Crippen LogP contribution in [0.15, 0.2) is 29.3 Å². The average molecular weight is 559 g/mol. The van der Waals surface area contributed by atoms with E-state index in [1.165, 1.54) is 12.1 Å². The lowest BCUT2D eigenvalue weighted by Gasteiger charge is -2.39. The Balaban J connectivity index is 0.00000320. The molecule has 1 unspecified atom stereocenters. The fraction of sp³-hybridized carbons (Fsp3) is 0.650. The summed E-state index contributed by atoms with van der Waals surface area (Å²) in [5.74, 6) is 0.728. The van der Waals surface area contributed by atoms with Gasteiger partial charge in [-0.2, -0.15) is 13.2 Å². The molecule has 1 aromatic carbocycles. The topological polar surface area (TPSA) is 70.6 Å². The van der Waals surface area contributed by atoms with Crippen molar-refractivity contribution in [1.82, 2.24) is 10.6 Å². The summed E-state index contributed by atoms with van der Waals surface area (Å²) in [7, 11) is -1.40. The van der Waals surface area contributed by atoms with E-state index in [0.29, 0.717) is 24.5 Å². The van der Waals surface area contributed by atoms with Crippen LogP contribution in [0.4, 0.5) is 13.2 Å². The second-order valence-electron chi connectivity index (χ2n) is 8.09. The van der Waals surface area contributed by atoms with Gasteiger partial charge in [-0.3, -0.25) is 4.99 Å². The van der Waals surface area contributed by atoms with Gasteiger partial charge in [-0.25, -0.2) is 8.42 Å². The number of rotatable bonds is 4. The first kappa shape index (κ1) is 25.2. The molecule has 0 bridgehead atoms. The number of guanidine groups is 1. The fourth-order valence-electron chi connectivity index (χ4n) is 4.37. The minimum absolute atomic E-state index is 0. The van der Waals surface area contributed by atoms with E-state index in [-0.39, 0.29) is 41.5 Å². The van der Waals surface area contributed by atoms with Crippen molar-refractivity contribution in [1.29, 1.82) is 0 Å². The minimum atomic E-state index is -4.37. The molecule has 2 aliphatic rings. The third kappa shape index (κ3) is 6.24. The first-order valence-corrected chi connectivity index (χ1v) is 11.8. The number of nitrogens with one attached hydrogen (secondary N) is 2. The molecule has 1 atom stereocenters. The van der Waals surface area contributed by atoms with E-state index in [2.05, 4.69) is 15.6 Å². The first-order chi connectivity index (χ1) is 13.6. The van der Waals surface area contributed by atoms with Crippen LogP contribution >= 0.6 is 24.0 Å². The summed E-state index contributed by atoms with van der Waals surface area (Å²) in [6.45, 7) is 0.452. The van der Waals surface area contributed by atoms with E-state index in [0.717, 1.165) is 38.2 Å². The van der Waals surface area contributed by atoms with E-state index in [1.807, 2.05) is 0 Å². The highest BCUT2D eigenvalue weighted by atomic mass is 127. The van der Waals surface area contributed by atoms with Gasteiger partial charge in [0.25, 0.3) is 0 Å². The molecule has 1 saturated carbocycles. The number of aliphatic imine (C=N–C) groups is 1. The summed E-state index contributed by atoms with van der Waals surface area (Å²) in [4.78, 5) is 4.18. The molecule has 1 saturated heterocycles. The minimum Gasteiger partial charge on any atom is -0.356 e. The van der Waals surface area contributed by atoms with Gasteiger partial charge < -0.3 is 10.6 Å². The van der Waals surface area contributed by atoms with Gasteiger partial charge in [-0.15, -0.1) is 24.0 Å². The number of halogens is 4. The number of nitrogens with zero attached hydrogens (tertiary/aromatic N) is 1. The van der Waals surface area contributed by atoms with Gasteiger partial charge in [0.05, 0.1) is 17.1 Å². The smallest absolute Gasteiger partial charge is 0.356 e. The van der Waals surface area contributed by atoms with E-state index in [9.17, 15) is 21.6 Å². The van der Waals surface area contributed by atoms with Gasteiger partial charge >= 0.3 is 6.18 Å². The molecule has 0 amide bonds. The Morgan fingerprint density at radius 3 is 2.50 bits per heavy atom. The van der Waals surface area contributed by atoms with Crippen LogP contribution in [0, 0.1) is 0 Å². The van der Waals surface area contributed by atoms with Gasteiger partial charge in [-0.1, -0.05) is 37.5 Å². The van der Waals surface area contributed by atoms with Crippen LogP contribution in [0.2, 0.25) is 0 Å². The van der Waals surface area contributed by atoms with Crippen LogP contribution in [0.1, 0.15) is 49.7 Å². The Bertz CT molecular complexity index is 853. The zero-order valence-corrected chi connectivity index (χ0v) is 20.1. The molecule has 30 heavy (non-hydrogen) atoms. The van der Waals surface area contributed by atoms with Crippen molar-refractivity contribution < 1.29 is 21.6 Å². The van der Waals surface area contributed by atoms with Crippen LogP contribution in [-0.2, 0) is 21.4 Å². The lowest BCUT2D eigenvalue weighted by Crippen LogP contribution is -2.49. The quantitative estimate of drug-likeness (QED) is 0.334. The third-order valence-electron chi connectivity index (χ3n) is 6.00. The third-order valence-corrected chi connectivity index (χ3v) is 7.77. The number of benzene rings is 1. The van der Waals surface area contributed by atoms with Gasteiger partial charge in [0.15, 0.2) is 15.8 Å². The number of hydrogen-bond donors (Lipinski definition) is 2. The van der Waals surface area contributed by atoms with Gasteiger partial charge in [0.2, 0.25) is 0 Å². The fourth-order valence-corrected chi connectivity index (χ4v) is 6.04. The standard InChI is InChI=1S/C20H28F3N3O2S.HI/c1-24-18(26-17-8-11-29(27,28)13-17)25-14-19(9-3-2-4-10-19)15-6-5-7-16(12-15)20(21,22)23;/h5-7,12,17H,2-4,8-11,13-14H2,1H3,(H2,24,25,26);1H. The van der Waals surface area contributed by atoms with Crippen LogP contribution in [0.25, 0.3) is 0 Å². The molecule has 10 heteroatoms. The highest BCUT2D eigenvalue weighted by molar-refractivity contribution is 14.0. The Morgan fingerprint density at radius 1 is 1.23 bits per heavy atom. The number of sulfone groups is 1. The molecule has 3 rings (SSSR count). The van der Waals surface area contributed by atoms with E-state index in [4.69, 9.17) is 0 Å². The molecule has 170 valence electrons. The summed E-state index contributed by atoms with van der Waals surface area (Å²) >= 11 is 0. The molecule has 1 aliphatic heterocycles. The van der Waals surface area contributed by atoms with Crippen molar-refractivity contribution in [2.75, 3.05) is 25.1 Å². The summed E-state index contributed by atoms with van der Waals surface area (Å²) in [6.07, 6.45) is 0.766. The summed E-state index contributed by atoms with van der Waals surface area (Å²) in [5.41, 5.74) is -0.337. The molecule has 1 heterocycles. The molecule has 0 radical (unpaired) electrons. The van der Waals surface area contributed by atoms with Gasteiger partial charge in [0, 0.05) is 25.0 Å². The lowest BCUT2D eigenvalue weighted by molar-refractivity contribution is -0.137. The number of hydrogen-bond acceptors (Lipinski definition) is 3. The highest BCUT2D eigenvalue weighted by Crippen LogP contribution is 2.41. The van der Waals surface area contributed by atoms with Crippen LogP contribution < -0.4 is 10.6 Å². The van der Waals surface area contributed by atoms with E-state index in [1.54, 1.807) is 13.1 Å². The van der Waals surface area contributed by atoms with Crippen LogP contribution in [0.3, 0.4) is 0 Å². The summed E-state index contributed by atoms with van der Waals surface area (Å²) < 4.78 is 63.0. The predicted octanol–water partition coefficient (Wildman–Crippen LogP) is 3.88. The van der Waals surface area contributed by atoms with E-state index >= 15 is 0 Å². The zero-order valence-electron chi connectivity index (χ0n) is 17.0. The SMILES string of the molecule is CN=C(NCC1(c2cccc(C(F)(F)F)c2)CCCCC1)NC1CCS(=O)(=O)C1.I. The van der Waals surface area contributed by atoms with Crippen LogP contribution in [-0.4, -0.2) is 45.5 Å². The summed E-state index contributed by atoms with van der Waals surface area (Å²) in [5, 5.41) is 6.40. The maximum atomic E-state index is 13.2. The van der Waals surface area contributed by atoms with Crippen molar-refractivity contribution in [2.24, 2.45) is 4.99 Å². The largest absolute Gasteiger partial charge is 0.416 e. The molecule has 1 aromatic rings. The van der Waals surface area contributed by atoms with Gasteiger partial charge in [-0.05, 0) is 30.9 Å². The summed E-state index contributed by atoms with van der Waals surface area (Å²) in [6, 6.07) is 5.44. The molecular weight excluding hydrogens is 530 g/mol. The first-order valence-electron chi connectivity index (χ1n) is 9.99. The predicted molar refractivity (Wildman–Crippen MR) is 123 cm³/mol. The molecule has 5 nitrogen and oxygen atoms in total.